The topological polar surface area (TPSA) is 108 Å². The van der Waals surface area contributed by atoms with Crippen LogP contribution >= 0.6 is 12.4 Å². The van der Waals surface area contributed by atoms with E-state index in [4.69, 9.17) is 18.7 Å². The number of carbonyl (C=O) groups is 1. The summed E-state index contributed by atoms with van der Waals surface area (Å²) in [5.41, 5.74) is 1.31. The summed E-state index contributed by atoms with van der Waals surface area (Å²) in [6.45, 7) is 1.74. The van der Waals surface area contributed by atoms with Crippen LogP contribution in [0, 0.1) is 6.92 Å². The Labute approximate surface area is 190 Å². The van der Waals surface area contributed by atoms with Gasteiger partial charge in [0.2, 0.25) is 0 Å². The SMILES string of the molecule is COc1cc2nccc(Oc3ccc(NC(=O)Nc4cc(C)on4)cc3)c2cc1OC.Cl. The molecule has 32 heavy (non-hydrogen) atoms. The number of hydrogen-bond donors (Lipinski definition) is 2. The Balaban J connectivity index is 0.00000289. The molecule has 0 fully saturated rings. The first-order valence-corrected chi connectivity index (χ1v) is 9.35. The molecule has 0 unspecified atom stereocenters. The zero-order valence-corrected chi connectivity index (χ0v) is 18.4. The summed E-state index contributed by atoms with van der Waals surface area (Å²) in [7, 11) is 3.15. The fraction of sp³-hybridized carbons (Fsp3) is 0.136. The summed E-state index contributed by atoms with van der Waals surface area (Å²) >= 11 is 0. The third kappa shape index (κ3) is 5.01. The quantitative estimate of drug-likeness (QED) is 0.399. The number of anilines is 2. The molecule has 2 N–H and O–H groups in total. The van der Waals surface area contributed by atoms with Gasteiger partial charge in [0.05, 0.1) is 19.7 Å². The lowest BCUT2D eigenvalue weighted by Crippen LogP contribution is -2.19. The van der Waals surface area contributed by atoms with Crippen molar-refractivity contribution in [3.8, 4) is 23.0 Å². The second-order valence-electron chi connectivity index (χ2n) is 6.56. The van der Waals surface area contributed by atoms with Crippen LogP contribution in [0.5, 0.6) is 23.0 Å². The van der Waals surface area contributed by atoms with Gasteiger partial charge in [0, 0.05) is 29.4 Å². The van der Waals surface area contributed by atoms with Crippen LogP contribution in [0.3, 0.4) is 0 Å². The lowest BCUT2D eigenvalue weighted by molar-refractivity contribution is 0.262. The molecular weight excluding hydrogens is 436 g/mol. The van der Waals surface area contributed by atoms with Crippen molar-refractivity contribution < 1.29 is 23.5 Å². The lowest BCUT2D eigenvalue weighted by Gasteiger charge is -2.12. The van der Waals surface area contributed by atoms with Gasteiger partial charge in [-0.1, -0.05) is 5.16 Å². The maximum Gasteiger partial charge on any atom is 0.324 e. The highest BCUT2D eigenvalue weighted by Crippen LogP contribution is 2.36. The number of halogens is 1. The molecule has 0 aliphatic rings. The van der Waals surface area contributed by atoms with Gasteiger partial charge < -0.3 is 24.1 Å². The van der Waals surface area contributed by atoms with Crippen LogP contribution in [-0.2, 0) is 0 Å². The number of methoxy groups -OCH3 is 2. The third-order valence-electron chi connectivity index (χ3n) is 4.42. The molecule has 0 bridgehead atoms. The average molecular weight is 457 g/mol. The Morgan fingerprint density at radius 2 is 1.66 bits per heavy atom. The van der Waals surface area contributed by atoms with E-state index >= 15 is 0 Å². The fourth-order valence-corrected chi connectivity index (χ4v) is 2.97. The molecular formula is C22H21ClN4O5. The van der Waals surface area contributed by atoms with Crippen LogP contribution in [0.2, 0.25) is 0 Å². The predicted molar refractivity (Wildman–Crippen MR) is 122 cm³/mol. The number of aromatic nitrogens is 2. The highest BCUT2D eigenvalue weighted by molar-refractivity contribution is 5.99. The summed E-state index contributed by atoms with van der Waals surface area (Å²) < 4.78 is 21.7. The Bertz CT molecular complexity index is 1230. The normalized spacial score (nSPS) is 10.2. The Kier molecular flexibility index (Phi) is 7.01. The number of nitrogens with zero attached hydrogens (tertiary/aromatic N) is 2. The van der Waals surface area contributed by atoms with E-state index in [1.165, 1.54) is 0 Å². The van der Waals surface area contributed by atoms with Gasteiger partial charge in [-0.3, -0.25) is 10.3 Å². The van der Waals surface area contributed by atoms with Crippen molar-refractivity contribution >= 4 is 40.8 Å². The highest BCUT2D eigenvalue weighted by Gasteiger charge is 2.12. The number of amides is 2. The van der Waals surface area contributed by atoms with Crippen molar-refractivity contribution in [3.05, 3.63) is 60.5 Å². The smallest absolute Gasteiger partial charge is 0.324 e. The average Bonchev–Trinajstić information content (AvgIpc) is 3.18. The van der Waals surface area contributed by atoms with Crippen LogP contribution < -0.4 is 24.8 Å². The molecule has 0 aliphatic carbocycles. The Morgan fingerprint density at radius 3 is 2.31 bits per heavy atom. The van der Waals surface area contributed by atoms with E-state index in [2.05, 4.69) is 20.8 Å². The van der Waals surface area contributed by atoms with Crippen LogP contribution in [0.25, 0.3) is 10.9 Å². The number of nitrogens with one attached hydrogen (secondary N) is 2. The summed E-state index contributed by atoms with van der Waals surface area (Å²) in [5, 5.41) is 9.81. The van der Waals surface area contributed by atoms with E-state index in [0.29, 0.717) is 45.8 Å². The molecule has 2 amide bonds. The van der Waals surface area contributed by atoms with Crippen molar-refractivity contribution in [1.82, 2.24) is 10.1 Å². The number of ether oxygens (including phenoxy) is 3. The predicted octanol–water partition coefficient (Wildman–Crippen LogP) is 5.41. The number of fused-ring (bicyclic) bond motifs is 1. The number of benzene rings is 2. The summed E-state index contributed by atoms with van der Waals surface area (Å²) in [4.78, 5) is 16.4. The molecule has 0 saturated carbocycles. The van der Waals surface area contributed by atoms with E-state index in [0.717, 1.165) is 5.39 Å². The maximum absolute atomic E-state index is 12.1. The number of urea groups is 1. The van der Waals surface area contributed by atoms with Gasteiger partial charge in [-0.05, 0) is 43.3 Å². The molecule has 0 aliphatic heterocycles. The van der Waals surface area contributed by atoms with Gasteiger partial charge in [-0.2, -0.15) is 0 Å². The van der Waals surface area contributed by atoms with Crippen molar-refractivity contribution in [2.24, 2.45) is 0 Å². The van der Waals surface area contributed by atoms with Crippen LogP contribution in [0.15, 0.2) is 59.3 Å². The van der Waals surface area contributed by atoms with Crippen molar-refractivity contribution in [1.29, 1.82) is 0 Å². The molecule has 4 aromatic rings. The summed E-state index contributed by atoms with van der Waals surface area (Å²) in [6, 6.07) is 13.6. The second-order valence-corrected chi connectivity index (χ2v) is 6.56. The molecule has 0 atom stereocenters. The molecule has 4 rings (SSSR count). The molecule has 0 radical (unpaired) electrons. The van der Waals surface area contributed by atoms with Crippen LogP contribution in [-0.4, -0.2) is 30.4 Å². The van der Waals surface area contributed by atoms with Gasteiger partial charge in [-0.15, -0.1) is 12.4 Å². The third-order valence-corrected chi connectivity index (χ3v) is 4.42. The van der Waals surface area contributed by atoms with E-state index in [-0.39, 0.29) is 12.4 Å². The molecule has 10 heteroatoms. The van der Waals surface area contributed by atoms with Gasteiger partial charge in [0.25, 0.3) is 0 Å². The first-order valence-electron chi connectivity index (χ1n) is 9.35. The van der Waals surface area contributed by atoms with Gasteiger partial charge in [0.1, 0.15) is 17.3 Å². The van der Waals surface area contributed by atoms with Gasteiger partial charge in [0.15, 0.2) is 17.3 Å². The monoisotopic (exact) mass is 456 g/mol. The lowest BCUT2D eigenvalue weighted by atomic mass is 10.2. The minimum absolute atomic E-state index is 0. The van der Waals surface area contributed by atoms with E-state index in [1.54, 1.807) is 69.8 Å². The number of carbonyl (C=O) groups excluding carboxylic acids is 1. The van der Waals surface area contributed by atoms with Crippen LogP contribution in [0.1, 0.15) is 5.76 Å². The number of aryl methyl sites for hydroxylation is 1. The maximum atomic E-state index is 12.1. The molecule has 2 aromatic carbocycles. The molecule has 2 aromatic heterocycles. The van der Waals surface area contributed by atoms with Gasteiger partial charge in [-0.25, -0.2) is 4.79 Å². The number of hydrogen-bond acceptors (Lipinski definition) is 7. The van der Waals surface area contributed by atoms with Crippen molar-refractivity contribution in [2.75, 3.05) is 24.9 Å². The standard InChI is InChI=1S/C22H20N4O5.ClH/c1-13-10-21(26-31-13)25-22(27)24-14-4-6-15(7-5-14)30-18-8-9-23-17-12-20(29-3)19(28-2)11-16(17)18;/h4-12H,1-3H3,(H2,24,25,26,27);1H. The fourth-order valence-electron chi connectivity index (χ4n) is 2.97. The summed E-state index contributed by atoms with van der Waals surface area (Å²) in [6.07, 6.45) is 1.66. The first kappa shape index (κ1) is 22.7. The van der Waals surface area contributed by atoms with Crippen molar-refractivity contribution in [2.45, 2.75) is 6.92 Å². The molecule has 2 heterocycles. The zero-order valence-electron chi connectivity index (χ0n) is 17.5. The molecule has 166 valence electrons. The van der Waals surface area contributed by atoms with Gasteiger partial charge >= 0.3 is 6.03 Å². The Morgan fingerprint density at radius 1 is 0.938 bits per heavy atom. The van der Waals surface area contributed by atoms with Crippen LogP contribution in [0.4, 0.5) is 16.3 Å². The highest BCUT2D eigenvalue weighted by atomic mass is 35.5. The second kappa shape index (κ2) is 9.88. The molecule has 9 nitrogen and oxygen atoms in total. The molecule has 0 saturated heterocycles. The van der Waals surface area contributed by atoms with Crippen molar-refractivity contribution in [3.63, 3.8) is 0 Å². The zero-order chi connectivity index (χ0) is 21.8. The minimum Gasteiger partial charge on any atom is -0.493 e. The first-order chi connectivity index (χ1) is 15.1. The number of rotatable bonds is 6. The Hall–Kier alpha value is -3.98. The summed E-state index contributed by atoms with van der Waals surface area (Å²) in [5.74, 6) is 3.34. The number of pyridine rings is 1. The van der Waals surface area contributed by atoms with E-state index in [1.807, 2.05) is 6.07 Å². The molecule has 0 spiro atoms. The largest absolute Gasteiger partial charge is 0.493 e. The minimum atomic E-state index is -0.428. The van der Waals surface area contributed by atoms with E-state index < -0.39 is 6.03 Å². The van der Waals surface area contributed by atoms with E-state index in [9.17, 15) is 4.79 Å².